The fourth-order valence-corrected chi connectivity index (χ4v) is 1.92. The SMILES string of the molecule is N#CC(=CNc1cccc2c(=O)[nH][nH]c(=O)c12)c1nn[nH]n1. The van der Waals surface area contributed by atoms with Crippen molar-refractivity contribution in [1.29, 1.82) is 5.26 Å². The predicted molar refractivity (Wildman–Crippen MR) is 76.6 cm³/mol. The molecule has 0 unspecified atom stereocenters. The van der Waals surface area contributed by atoms with Crippen LogP contribution in [0.2, 0.25) is 0 Å². The summed E-state index contributed by atoms with van der Waals surface area (Å²) in [5, 5.41) is 29.8. The van der Waals surface area contributed by atoms with Crippen LogP contribution in [0, 0.1) is 11.3 Å². The van der Waals surface area contributed by atoms with E-state index in [-0.39, 0.29) is 22.2 Å². The maximum Gasteiger partial charge on any atom is 0.272 e. The van der Waals surface area contributed by atoms with Crippen molar-refractivity contribution in [3.8, 4) is 6.07 Å². The van der Waals surface area contributed by atoms with E-state index >= 15 is 0 Å². The number of tetrazole rings is 1. The minimum atomic E-state index is -0.454. The number of allylic oxidation sites excluding steroid dienone is 1. The lowest BCUT2D eigenvalue weighted by molar-refractivity contribution is 0.881. The third kappa shape index (κ3) is 2.22. The number of rotatable bonds is 3. The Labute approximate surface area is 121 Å². The molecule has 0 aliphatic heterocycles. The van der Waals surface area contributed by atoms with Crippen LogP contribution in [0.4, 0.5) is 5.69 Å². The summed E-state index contributed by atoms with van der Waals surface area (Å²) in [6, 6.07) is 6.67. The smallest absolute Gasteiger partial charge is 0.272 e. The van der Waals surface area contributed by atoms with E-state index < -0.39 is 11.1 Å². The van der Waals surface area contributed by atoms with Gasteiger partial charge in [0.05, 0.1) is 16.5 Å². The van der Waals surface area contributed by atoms with Gasteiger partial charge in [-0.05, 0) is 17.3 Å². The Balaban J connectivity index is 2.09. The van der Waals surface area contributed by atoms with Gasteiger partial charge in [-0.3, -0.25) is 19.8 Å². The molecule has 22 heavy (non-hydrogen) atoms. The van der Waals surface area contributed by atoms with Crippen molar-refractivity contribution >= 4 is 22.0 Å². The van der Waals surface area contributed by atoms with Gasteiger partial charge in [0, 0.05) is 6.20 Å². The molecule has 10 nitrogen and oxygen atoms in total. The van der Waals surface area contributed by atoms with Gasteiger partial charge in [0.2, 0.25) is 5.82 Å². The number of hydrogen-bond acceptors (Lipinski definition) is 7. The average Bonchev–Trinajstić information content (AvgIpc) is 3.06. The van der Waals surface area contributed by atoms with Crippen molar-refractivity contribution in [2.45, 2.75) is 0 Å². The zero-order chi connectivity index (χ0) is 15.5. The van der Waals surface area contributed by atoms with E-state index in [1.807, 2.05) is 6.07 Å². The Morgan fingerprint density at radius 3 is 2.82 bits per heavy atom. The van der Waals surface area contributed by atoms with E-state index in [4.69, 9.17) is 5.26 Å². The number of nitriles is 1. The first-order valence-corrected chi connectivity index (χ1v) is 6.05. The molecular formula is C12H8N8O2. The number of aromatic nitrogens is 6. The number of fused-ring (bicyclic) bond motifs is 1. The number of hydrogen-bond donors (Lipinski definition) is 4. The summed E-state index contributed by atoms with van der Waals surface area (Å²) in [4.78, 5) is 23.6. The van der Waals surface area contributed by atoms with E-state index in [0.717, 1.165) is 0 Å². The van der Waals surface area contributed by atoms with Gasteiger partial charge in [0.25, 0.3) is 11.1 Å². The van der Waals surface area contributed by atoms with Crippen molar-refractivity contribution in [1.82, 2.24) is 30.8 Å². The Morgan fingerprint density at radius 2 is 2.09 bits per heavy atom. The average molecular weight is 296 g/mol. The van der Waals surface area contributed by atoms with Crippen molar-refractivity contribution in [3.05, 3.63) is 50.9 Å². The number of nitrogens with one attached hydrogen (secondary N) is 4. The molecule has 0 bridgehead atoms. The van der Waals surface area contributed by atoms with E-state index in [0.29, 0.717) is 5.69 Å². The van der Waals surface area contributed by atoms with Crippen LogP contribution < -0.4 is 16.4 Å². The Bertz CT molecular complexity index is 1010. The molecule has 2 heterocycles. The molecule has 4 N–H and O–H groups in total. The van der Waals surface area contributed by atoms with Gasteiger partial charge in [0.1, 0.15) is 11.6 Å². The second kappa shape index (κ2) is 5.33. The summed E-state index contributed by atoms with van der Waals surface area (Å²) in [5.74, 6) is 0.113. The van der Waals surface area contributed by atoms with Crippen LogP contribution in [0.25, 0.3) is 16.3 Å². The molecule has 2 aromatic heterocycles. The molecule has 1 aromatic carbocycles. The van der Waals surface area contributed by atoms with Gasteiger partial charge in [0.15, 0.2) is 0 Å². The van der Waals surface area contributed by atoms with Crippen LogP contribution in [-0.4, -0.2) is 30.8 Å². The van der Waals surface area contributed by atoms with Crippen molar-refractivity contribution in [2.75, 3.05) is 5.32 Å². The van der Waals surface area contributed by atoms with E-state index in [1.165, 1.54) is 12.3 Å². The second-order valence-electron chi connectivity index (χ2n) is 4.19. The lowest BCUT2D eigenvalue weighted by Crippen LogP contribution is -2.19. The monoisotopic (exact) mass is 296 g/mol. The minimum Gasteiger partial charge on any atom is -0.360 e. The first kappa shape index (κ1) is 13.3. The van der Waals surface area contributed by atoms with Crippen LogP contribution >= 0.6 is 0 Å². The molecule has 3 rings (SSSR count). The van der Waals surface area contributed by atoms with E-state index in [1.54, 1.807) is 12.1 Å². The van der Waals surface area contributed by atoms with Gasteiger partial charge in [-0.1, -0.05) is 6.07 Å². The summed E-state index contributed by atoms with van der Waals surface area (Å²) in [6.45, 7) is 0. The molecule has 0 amide bonds. The quantitative estimate of drug-likeness (QED) is 0.483. The molecule has 0 spiro atoms. The third-order valence-electron chi connectivity index (χ3n) is 2.90. The maximum absolute atomic E-state index is 11.9. The lowest BCUT2D eigenvalue weighted by atomic mass is 10.1. The van der Waals surface area contributed by atoms with Gasteiger partial charge in [-0.15, -0.1) is 10.2 Å². The van der Waals surface area contributed by atoms with Crippen LogP contribution in [0.1, 0.15) is 5.82 Å². The number of anilines is 1. The third-order valence-corrected chi connectivity index (χ3v) is 2.90. The normalized spacial score (nSPS) is 11.3. The Kier molecular flexibility index (Phi) is 3.21. The van der Waals surface area contributed by atoms with Gasteiger partial charge in [-0.2, -0.15) is 10.5 Å². The first-order valence-electron chi connectivity index (χ1n) is 6.05. The standard InChI is InChI=1S/C12H8N8O2/c13-4-6(10-15-19-20-16-10)5-14-8-3-1-2-7-9(8)12(22)18-17-11(7)21/h1-3,5,14H,(H,17,21)(H,18,22)(H,15,16,19,20). The summed E-state index contributed by atoms with van der Waals surface area (Å²) in [6.07, 6.45) is 1.33. The fraction of sp³-hybridized carbons (Fsp3) is 0. The highest BCUT2D eigenvalue weighted by molar-refractivity contribution is 5.93. The molecule has 0 aliphatic rings. The molecule has 108 valence electrons. The molecule has 3 aromatic rings. The van der Waals surface area contributed by atoms with Crippen LogP contribution in [0.3, 0.4) is 0 Å². The number of nitrogens with zero attached hydrogens (tertiary/aromatic N) is 4. The largest absolute Gasteiger partial charge is 0.360 e. The van der Waals surface area contributed by atoms with Crippen LogP contribution in [-0.2, 0) is 0 Å². The highest BCUT2D eigenvalue weighted by Crippen LogP contribution is 2.17. The molecule has 0 radical (unpaired) electrons. The molecule has 0 aliphatic carbocycles. The van der Waals surface area contributed by atoms with Gasteiger partial charge >= 0.3 is 0 Å². The topological polar surface area (TPSA) is 156 Å². The van der Waals surface area contributed by atoms with Gasteiger partial charge in [-0.25, -0.2) is 0 Å². The van der Waals surface area contributed by atoms with Gasteiger partial charge < -0.3 is 5.32 Å². The van der Waals surface area contributed by atoms with Crippen LogP contribution in [0.5, 0.6) is 0 Å². The second-order valence-corrected chi connectivity index (χ2v) is 4.19. The summed E-state index contributed by atoms with van der Waals surface area (Å²) in [7, 11) is 0. The molecule has 0 saturated carbocycles. The van der Waals surface area contributed by atoms with E-state index in [2.05, 4.69) is 36.1 Å². The lowest BCUT2D eigenvalue weighted by Gasteiger charge is -2.04. The number of benzene rings is 1. The van der Waals surface area contributed by atoms with Crippen molar-refractivity contribution in [3.63, 3.8) is 0 Å². The molecule has 0 saturated heterocycles. The Hall–Kier alpha value is -3.74. The first-order chi connectivity index (χ1) is 10.7. The molecular weight excluding hydrogens is 288 g/mol. The number of H-pyrrole nitrogens is 3. The summed E-state index contributed by atoms with van der Waals surface area (Å²) < 4.78 is 0. The molecule has 0 fully saturated rings. The minimum absolute atomic E-state index is 0.113. The summed E-state index contributed by atoms with van der Waals surface area (Å²) >= 11 is 0. The number of aromatic amines is 3. The molecule has 10 heteroatoms. The Morgan fingerprint density at radius 1 is 1.27 bits per heavy atom. The predicted octanol–water partition coefficient (Wildman–Crippen LogP) is -0.294. The highest BCUT2D eigenvalue weighted by Gasteiger charge is 2.09. The fourth-order valence-electron chi connectivity index (χ4n) is 1.92. The zero-order valence-electron chi connectivity index (χ0n) is 10.9. The maximum atomic E-state index is 11.9. The van der Waals surface area contributed by atoms with Crippen molar-refractivity contribution in [2.24, 2.45) is 0 Å². The summed E-state index contributed by atoms with van der Waals surface area (Å²) in [5.41, 5.74) is -0.377. The highest BCUT2D eigenvalue weighted by atomic mass is 16.1. The van der Waals surface area contributed by atoms with E-state index in [9.17, 15) is 9.59 Å². The van der Waals surface area contributed by atoms with Crippen molar-refractivity contribution < 1.29 is 0 Å². The van der Waals surface area contributed by atoms with Crippen LogP contribution in [0.15, 0.2) is 34.0 Å². The zero-order valence-corrected chi connectivity index (χ0v) is 10.9. The molecule has 0 atom stereocenters.